The van der Waals surface area contributed by atoms with Crippen molar-refractivity contribution in [2.75, 3.05) is 19.6 Å². The van der Waals surface area contributed by atoms with Crippen LogP contribution in [0, 0.1) is 0 Å². The Morgan fingerprint density at radius 3 is 2.55 bits per heavy atom. The van der Waals surface area contributed by atoms with Crippen LogP contribution in [0.2, 0.25) is 0 Å². The number of rotatable bonds is 5. The van der Waals surface area contributed by atoms with Gasteiger partial charge in [-0.2, -0.15) is 0 Å². The van der Waals surface area contributed by atoms with Gasteiger partial charge in [-0.05, 0) is 57.8 Å². The Morgan fingerprint density at radius 1 is 1.14 bits per heavy atom. The molecule has 0 bridgehead atoms. The lowest BCUT2D eigenvalue weighted by atomic mass is 10.0. The lowest BCUT2D eigenvalue weighted by Gasteiger charge is -2.35. The molecule has 122 valence electrons. The van der Waals surface area contributed by atoms with Gasteiger partial charge in [0.2, 0.25) is 5.91 Å². The zero-order valence-corrected chi connectivity index (χ0v) is 13.9. The van der Waals surface area contributed by atoms with Crippen molar-refractivity contribution in [1.29, 1.82) is 0 Å². The number of likely N-dealkylation sites (tertiary alicyclic amines) is 2. The number of nitrogens with zero attached hydrogens (tertiary/aromatic N) is 3. The molecular weight excluding hydrogens is 274 g/mol. The second-order valence-electron chi connectivity index (χ2n) is 6.82. The molecule has 0 N–H and O–H groups in total. The topological polar surface area (TPSA) is 28.5 Å². The number of likely N-dealkylation sites (N-methyl/N-ethyl adjacent to an activating group) is 1. The molecule has 0 aliphatic carbocycles. The SMILES string of the molecule is CCN1CCCC1C1CCCN1C(=O)CC(C)n1cccc1. The van der Waals surface area contributed by atoms with Crippen LogP contribution in [0.25, 0.3) is 0 Å². The Bertz CT molecular complexity index is 485. The Hall–Kier alpha value is -1.29. The maximum atomic E-state index is 12.8. The zero-order chi connectivity index (χ0) is 15.5. The van der Waals surface area contributed by atoms with Crippen LogP contribution < -0.4 is 0 Å². The third-order valence-corrected chi connectivity index (χ3v) is 5.49. The fourth-order valence-electron chi connectivity index (χ4n) is 4.30. The van der Waals surface area contributed by atoms with E-state index in [0.717, 1.165) is 13.1 Å². The Morgan fingerprint density at radius 2 is 1.82 bits per heavy atom. The summed E-state index contributed by atoms with van der Waals surface area (Å²) in [7, 11) is 0. The average Bonchev–Trinajstić information content (AvgIpc) is 3.25. The molecule has 0 spiro atoms. The molecule has 22 heavy (non-hydrogen) atoms. The molecule has 3 rings (SSSR count). The zero-order valence-electron chi connectivity index (χ0n) is 13.9. The summed E-state index contributed by atoms with van der Waals surface area (Å²) in [5.74, 6) is 0.339. The highest BCUT2D eigenvalue weighted by molar-refractivity contribution is 5.77. The summed E-state index contributed by atoms with van der Waals surface area (Å²) in [6.07, 6.45) is 9.62. The van der Waals surface area contributed by atoms with Gasteiger partial charge in [-0.1, -0.05) is 6.92 Å². The van der Waals surface area contributed by atoms with Crippen LogP contribution in [0.3, 0.4) is 0 Å². The molecule has 4 nitrogen and oxygen atoms in total. The van der Waals surface area contributed by atoms with Crippen molar-refractivity contribution in [2.45, 2.75) is 64.1 Å². The van der Waals surface area contributed by atoms with Crippen molar-refractivity contribution >= 4 is 5.91 Å². The highest BCUT2D eigenvalue weighted by Gasteiger charge is 2.39. The molecule has 2 aliphatic rings. The van der Waals surface area contributed by atoms with E-state index >= 15 is 0 Å². The van der Waals surface area contributed by atoms with Gasteiger partial charge >= 0.3 is 0 Å². The van der Waals surface area contributed by atoms with E-state index in [1.165, 1.54) is 32.2 Å². The molecule has 0 radical (unpaired) electrons. The summed E-state index contributed by atoms with van der Waals surface area (Å²) in [6, 6.07) is 5.34. The molecule has 3 atom stereocenters. The fourth-order valence-corrected chi connectivity index (χ4v) is 4.30. The largest absolute Gasteiger partial charge is 0.351 e. The number of hydrogen-bond donors (Lipinski definition) is 0. The van der Waals surface area contributed by atoms with E-state index in [0.29, 0.717) is 24.4 Å². The molecular formula is C18H29N3O. The number of aromatic nitrogens is 1. The molecule has 4 heteroatoms. The van der Waals surface area contributed by atoms with E-state index < -0.39 is 0 Å². The van der Waals surface area contributed by atoms with Crippen molar-refractivity contribution in [3.8, 4) is 0 Å². The highest BCUT2D eigenvalue weighted by Crippen LogP contribution is 2.30. The van der Waals surface area contributed by atoms with Crippen molar-refractivity contribution in [1.82, 2.24) is 14.4 Å². The first-order valence-corrected chi connectivity index (χ1v) is 8.86. The normalized spacial score (nSPS) is 27.5. The number of hydrogen-bond acceptors (Lipinski definition) is 2. The van der Waals surface area contributed by atoms with E-state index in [9.17, 15) is 4.79 Å². The minimum absolute atomic E-state index is 0.245. The molecule has 2 saturated heterocycles. The minimum atomic E-state index is 0.245. The summed E-state index contributed by atoms with van der Waals surface area (Å²) in [5.41, 5.74) is 0. The summed E-state index contributed by atoms with van der Waals surface area (Å²) in [4.78, 5) is 17.6. The van der Waals surface area contributed by atoms with Gasteiger partial charge in [0.05, 0.1) is 0 Å². The molecule has 1 aromatic rings. The molecule has 2 fully saturated rings. The first-order valence-electron chi connectivity index (χ1n) is 8.86. The predicted octanol–water partition coefficient (Wildman–Crippen LogP) is 2.91. The van der Waals surface area contributed by atoms with E-state index in [-0.39, 0.29) is 6.04 Å². The van der Waals surface area contributed by atoms with Gasteiger partial charge < -0.3 is 9.47 Å². The van der Waals surface area contributed by atoms with Gasteiger partial charge in [-0.3, -0.25) is 9.69 Å². The van der Waals surface area contributed by atoms with E-state index in [2.05, 4.69) is 40.6 Å². The second kappa shape index (κ2) is 6.86. The fraction of sp³-hybridized carbons (Fsp3) is 0.722. The lowest BCUT2D eigenvalue weighted by Crippen LogP contribution is -2.48. The highest BCUT2D eigenvalue weighted by atomic mass is 16.2. The maximum Gasteiger partial charge on any atom is 0.224 e. The van der Waals surface area contributed by atoms with Crippen molar-refractivity contribution in [3.05, 3.63) is 24.5 Å². The van der Waals surface area contributed by atoms with Crippen molar-refractivity contribution < 1.29 is 4.79 Å². The molecule has 0 saturated carbocycles. The molecule has 1 amide bonds. The second-order valence-corrected chi connectivity index (χ2v) is 6.82. The molecule has 0 aromatic carbocycles. The van der Waals surface area contributed by atoms with Crippen molar-refractivity contribution in [3.63, 3.8) is 0 Å². The smallest absolute Gasteiger partial charge is 0.224 e. The summed E-state index contributed by atoms with van der Waals surface area (Å²) < 4.78 is 2.14. The average molecular weight is 303 g/mol. The van der Waals surface area contributed by atoms with Crippen LogP contribution >= 0.6 is 0 Å². The van der Waals surface area contributed by atoms with Gasteiger partial charge in [-0.15, -0.1) is 0 Å². The molecule has 2 aliphatic heterocycles. The van der Waals surface area contributed by atoms with Crippen molar-refractivity contribution in [2.24, 2.45) is 0 Å². The van der Waals surface area contributed by atoms with Gasteiger partial charge in [0.1, 0.15) is 0 Å². The lowest BCUT2D eigenvalue weighted by molar-refractivity contribution is -0.133. The molecule has 1 aromatic heterocycles. The number of carbonyl (C=O) groups is 1. The Labute approximate surface area is 134 Å². The molecule has 3 unspecified atom stereocenters. The van der Waals surface area contributed by atoms with E-state index in [1.807, 2.05) is 12.1 Å². The molecule has 3 heterocycles. The summed E-state index contributed by atoms with van der Waals surface area (Å²) >= 11 is 0. The quantitative estimate of drug-likeness (QED) is 0.837. The van der Waals surface area contributed by atoms with Crippen LogP contribution in [-0.4, -0.2) is 52.0 Å². The van der Waals surface area contributed by atoms with Crippen LogP contribution in [0.1, 0.15) is 52.0 Å². The van der Waals surface area contributed by atoms with Crippen LogP contribution in [0.5, 0.6) is 0 Å². The van der Waals surface area contributed by atoms with E-state index in [1.54, 1.807) is 0 Å². The summed E-state index contributed by atoms with van der Waals surface area (Å²) in [6.45, 7) is 7.66. The van der Waals surface area contributed by atoms with Crippen LogP contribution in [-0.2, 0) is 4.79 Å². The predicted molar refractivity (Wildman–Crippen MR) is 88.8 cm³/mol. The first kappa shape index (κ1) is 15.6. The maximum absolute atomic E-state index is 12.8. The first-order chi connectivity index (χ1) is 10.7. The number of amides is 1. The third-order valence-electron chi connectivity index (χ3n) is 5.49. The monoisotopic (exact) mass is 303 g/mol. The van der Waals surface area contributed by atoms with Gasteiger partial charge in [0.15, 0.2) is 0 Å². The summed E-state index contributed by atoms with van der Waals surface area (Å²) in [5, 5.41) is 0. The Balaban J connectivity index is 1.63. The van der Waals surface area contributed by atoms with Gasteiger partial charge in [0, 0.05) is 43.5 Å². The van der Waals surface area contributed by atoms with Crippen LogP contribution in [0.15, 0.2) is 24.5 Å². The third kappa shape index (κ3) is 3.07. The van der Waals surface area contributed by atoms with E-state index in [4.69, 9.17) is 0 Å². The number of carbonyl (C=O) groups excluding carboxylic acids is 1. The Kier molecular flexibility index (Phi) is 4.87. The minimum Gasteiger partial charge on any atom is -0.351 e. The van der Waals surface area contributed by atoms with Crippen LogP contribution in [0.4, 0.5) is 0 Å². The van der Waals surface area contributed by atoms with Gasteiger partial charge in [-0.25, -0.2) is 0 Å². The standard InChI is InChI=1S/C18H29N3O/c1-3-19-12-6-8-16(19)17-9-7-13-21(17)18(22)14-15(2)20-10-4-5-11-20/h4-5,10-11,15-17H,3,6-9,12-14H2,1-2H3. The van der Waals surface area contributed by atoms with Gasteiger partial charge in [0.25, 0.3) is 0 Å².